The normalized spacial score (nSPS) is 14.7. The van der Waals surface area contributed by atoms with Gasteiger partial charge in [0.15, 0.2) is 0 Å². The molecular formula is C42H36N2. The number of rotatable bonds is 5. The highest BCUT2D eigenvalue weighted by Crippen LogP contribution is 2.51. The number of hydrogen-bond donors (Lipinski definition) is 2. The first-order chi connectivity index (χ1) is 21.3. The third-order valence-corrected chi connectivity index (χ3v) is 9.84. The van der Waals surface area contributed by atoms with Crippen LogP contribution in [0.15, 0.2) is 133 Å². The summed E-state index contributed by atoms with van der Waals surface area (Å²) in [7, 11) is 0. The highest BCUT2D eigenvalue weighted by Gasteiger charge is 2.36. The molecule has 0 saturated heterocycles. The minimum Gasteiger partial charge on any atom is -0.355 e. The Morgan fingerprint density at radius 2 is 0.795 bits per heavy atom. The maximum absolute atomic E-state index is 3.82. The molecule has 2 heteroatoms. The van der Waals surface area contributed by atoms with E-state index in [0.717, 1.165) is 22.7 Å². The van der Waals surface area contributed by atoms with Crippen molar-refractivity contribution in [3.63, 3.8) is 0 Å². The summed E-state index contributed by atoms with van der Waals surface area (Å²) in [6.07, 6.45) is 0. The third kappa shape index (κ3) is 4.09. The van der Waals surface area contributed by atoms with E-state index >= 15 is 0 Å². The zero-order chi connectivity index (χ0) is 30.1. The van der Waals surface area contributed by atoms with Crippen LogP contribution in [-0.2, 0) is 10.8 Å². The van der Waals surface area contributed by atoms with Crippen LogP contribution >= 0.6 is 0 Å². The van der Waals surface area contributed by atoms with Gasteiger partial charge in [0.25, 0.3) is 0 Å². The highest BCUT2D eigenvalue weighted by molar-refractivity contribution is 5.88. The third-order valence-electron chi connectivity index (χ3n) is 9.84. The largest absolute Gasteiger partial charge is 0.355 e. The lowest BCUT2D eigenvalue weighted by Crippen LogP contribution is -2.15. The van der Waals surface area contributed by atoms with Crippen molar-refractivity contribution in [2.75, 3.05) is 10.6 Å². The molecule has 44 heavy (non-hydrogen) atoms. The van der Waals surface area contributed by atoms with Crippen molar-refractivity contribution in [1.82, 2.24) is 0 Å². The van der Waals surface area contributed by atoms with Crippen LogP contribution in [0, 0.1) is 0 Å². The highest BCUT2D eigenvalue weighted by atomic mass is 14.9. The van der Waals surface area contributed by atoms with E-state index < -0.39 is 0 Å². The minimum absolute atomic E-state index is 0.0332. The Kier molecular flexibility index (Phi) is 5.86. The lowest BCUT2D eigenvalue weighted by Gasteiger charge is -2.23. The summed E-state index contributed by atoms with van der Waals surface area (Å²) in [5.41, 5.74) is 17.5. The number of hydrogen-bond acceptors (Lipinski definition) is 2. The summed E-state index contributed by atoms with van der Waals surface area (Å²) in [5.74, 6) is 0. The second-order valence-corrected chi connectivity index (χ2v) is 13.2. The second kappa shape index (κ2) is 9.72. The molecular weight excluding hydrogens is 532 g/mol. The van der Waals surface area contributed by atoms with E-state index in [1.807, 2.05) is 0 Å². The molecule has 0 heterocycles. The van der Waals surface area contributed by atoms with E-state index in [1.165, 1.54) is 55.6 Å². The fourth-order valence-corrected chi connectivity index (χ4v) is 7.48. The average molecular weight is 569 g/mol. The van der Waals surface area contributed by atoms with Crippen molar-refractivity contribution in [3.05, 3.63) is 156 Å². The van der Waals surface area contributed by atoms with Crippen molar-refractivity contribution < 1.29 is 0 Å². The van der Waals surface area contributed by atoms with Gasteiger partial charge in [0.1, 0.15) is 0 Å². The molecule has 214 valence electrons. The van der Waals surface area contributed by atoms with Crippen LogP contribution in [0.4, 0.5) is 22.7 Å². The molecule has 0 fully saturated rings. The maximum atomic E-state index is 3.82. The summed E-state index contributed by atoms with van der Waals surface area (Å²) in [6.45, 7) is 9.32. The van der Waals surface area contributed by atoms with Gasteiger partial charge in [0.05, 0.1) is 0 Å². The standard InChI is InChI=1S/C42H36N2/c1-41(2)36-16-10-8-14-32(36)34-22-19-28(24-38(34)41)43-30-18-21-31(27-12-6-5-7-13-27)40(26-30)44-29-20-23-35-33-15-9-11-17-37(33)42(3,4)39(35)25-29/h5-26,43-44H,1-4H3. The van der Waals surface area contributed by atoms with Crippen molar-refractivity contribution in [2.45, 2.75) is 38.5 Å². The molecule has 0 atom stereocenters. The lowest BCUT2D eigenvalue weighted by atomic mass is 9.82. The van der Waals surface area contributed by atoms with E-state index in [0.29, 0.717) is 0 Å². The van der Waals surface area contributed by atoms with E-state index in [2.05, 4.69) is 172 Å². The van der Waals surface area contributed by atoms with E-state index in [1.54, 1.807) is 0 Å². The van der Waals surface area contributed by atoms with Gasteiger partial charge >= 0.3 is 0 Å². The van der Waals surface area contributed by atoms with Gasteiger partial charge in [0.2, 0.25) is 0 Å². The minimum atomic E-state index is -0.0454. The average Bonchev–Trinajstić information content (AvgIpc) is 3.41. The summed E-state index contributed by atoms with van der Waals surface area (Å²) >= 11 is 0. The first-order valence-electron chi connectivity index (χ1n) is 15.5. The molecule has 2 N–H and O–H groups in total. The molecule has 0 unspecified atom stereocenters. The van der Waals surface area contributed by atoms with Gasteiger partial charge in [-0.05, 0) is 86.5 Å². The predicted octanol–water partition coefficient (Wildman–Crippen LogP) is 11.5. The van der Waals surface area contributed by atoms with Gasteiger partial charge < -0.3 is 10.6 Å². The van der Waals surface area contributed by atoms with Gasteiger partial charge in [-0.3, -0.25) is 0 Å². The molecule has 8 rings (SSSR count). The Labute approximate surface area is 260 Å². The van der Waals surface area contributed by atoms with Crippen molar-refractivity contribution in [1.29, 1.82) is 0 Å². The number of anilines is 4. The Hall–Kier alpha value is -5.08. The Morgan fingerprint density at radius 3 is 1.36 bits per heavy atom. The molecule has 0 saturated carbocycles. The van der Waals surface area contributed by atoms with E-state index in [9.17, 15) is 0 Å². The van der Waals surface area contributed by atoms with Crippen LogP contribution in [0.5, 0.6) is 0 Å². The molecule has 2 aliphatic carbocycles. The van der Waals surface area contributed by atoms with Crippen molar-refractivity contribution >= 4 is 22.7 Å². The molecule has 2 nitrogen and oxygen atoms in total. The monoisotopic (exact) mass is 568 g/mol. The van der Waals surface area contributed by atoms with E-state index in [-0.39, 0.29) is 10.8 Å². The number of nitrogens with one attached hydrogen (secondary N) is 2. The van der Waals surface area contributed by atoms with Crippen LogP contribution in [0.3, 0.4) is 0 Å². The first-order valence-corrected chi connectivity index (χ1v) is 15.5. The Balaban J connectivity index is 1.16. The molecule has 0 amide bonds. The van der Waals surface area contributed by atoms with Gasteiger partial charge in [-0.25, -0.2) is 0 Å². The summed E-state index contributed by atoms with van der Waals surface area (Å²) in [4.78, 5) is 0. The zero-order valence-electron chi connectivity index (χ0n) is 25.7. The molecule has 6 aromatic rings. The smallest absolute Gasteiger partial charge is 0.0484 e. The fourth-order valence-electron chi connectivity index (χ4n) is 7.48. The summed E-state index contributed by atoms with van der Waals surface area (Å²) in [6, 6.07) is 48.5. The van der Waals surface area contributed by atoms with Crippen LogP contribution in [0.1, 0.15) is 49.9 Å². The SMILES string of the molecule is CC1(C)c2ccccc2-c2ccc(Nc3ccc(-c4ccccc4)c(Nc4ccc5c(c4)C(C)(C)c4ccccc4-5)c3)cc21. The van der Waals surface area contributed by atoms with Crippen molar-refractivity contribution in [2.24, 2.45) is 0 Å². The molecule has 2 aliphatic rings. The van der Waals surface area contributed by atoms with Gasteiger partial charge in [-0.15, -0.1) is 0 Å². The predicted molar refractivity (Wildman–Crippen MR) is 186 cm³/mol. The molecule has 0 aromatic heterocycles. The van der Waals surface area contributed by atoms with Gasteiger partial charge in [0, 0.05) is 39.1 Å². The van der Waals surface area contributed by atoms with Gasteiger partial charge in [-0.1, -0.05) is 125 Å². The van der Waals surface area contributed by atoms with Crippen LogP contribution < -0.4 is 10.6 Å². The molecule has 0 aliphatic heterocycles. The van der Waals surface area contributed by atoms with Crippen LogP contribution in [0.2, 0.25) is 0 Å². The quantitative estimate of drug-likeness (QED) is 0.216. The lowest BCUT2D eigenvalue weighted by molar-refractivity contribution is 0.660. The Bertz CT molecular complexity index is 2070. The first kappa shape index (κ1) is 26.5. The number of benzene rings is 6. The zero-order valence-corrected chi connectivity index (χ0v) is 25.7. The van der Waals surface area contributed by atoms with Crippen molar-refractivity contribution in [3.8, 4) is 33.4 Å². The van der Waals surface area contributed by atoms with Crippen LogP contribution in [0.25, 0.3) is 33.4 Å². The molecule has 0 radical (unpaired) electrons. The second-order valence-electron chi connectivity index (χ2n) is 13.2. The molecule has 0 bridgehead atoms. The van der Waals surface area contributed by atoms with Gasteiger partial charge in [-0.2, -0.15) is 0 Å². The number of fused-ring (bicyclic) bond motifs is 6. The topological polar surface area (TPSA) is 24.1 Å². The van der Waals surface area contributed by atoms with Crippen LogP contribution in [-0.4, -0.2) is 0 Å². The Morgan fingerprint density at radius 1 is 0.364 bits per heavy atom. The van der Waals surface area contributed by atoms with E-state index in [4.69, 9.17) is 0 Å². The summed E-state index contributed by atoms with van der Waals surface area (Å²) < 4.78 is 0. The fraction of sp³-hybridized carbons (Fsp3) is 0.143. The molecule has 6 aromatic carbocycles. The maximum Gasteiger partial charge on any atom is 0.0484 e. The summed E-state index contributed by atoms with van der Waals surface area (Å²) in [5, 5.41) is 7.55. The molecule has 0 spiro atoms.